The Labute approximate surface area is 203 Å². The molecular weight excluding hydrogens is 448 g/mol. The number of carboxylic acids is 1. The maximum atomic E-state index is 12.9. The highest BCUT2D eigenvalue weighted by Gasteiger charge is 2.48. The van der Waals surface area contributed by atoms with Gasteiger partial charge >= 0.3 is 5.97 Å². The smallest absolute Gasteiger partial charge is 0.308 e. The number of hydrogen-bond acceptors (Lipinski definition) is 7. The summed E-state index contributed by atoms with van der Waals surface area (Å²) in [7, 11) is 1.56. The zero-order valence-electron chi connectivity index (χ0n) is 19.8. The van der Waals surface area contributed by atoms with Gasteiger partial charge in [-0.15, -0.1) is 0 Å². The predicted octanol–water partition coefficient (Wildman–Crippen LogP) is 4.11. The summed E-state index contributed by atoms with van der Waals surface area (Å²) in [6.45, 7) is 3.94. The van der Waals surface area contributed by atoms with E-state index in [0.29, 0.717) is 34.3 Å². The van der Waals surface area contributed by atoms with E-state index in [2.05, 4.69) is 5.32 Å². The van der Waals surface area contributed by atoms with E-state index in [-0.39, 0.29) is 19.4 Å². The van der Waals surface area contributed by atoms with Gasteiger partial charge in [-0.2, -0.15) is 0 Å². The van der Waals surface area contributed by atoms with Gasteiger partial charge in [0, 0.05) is 17.9 Å². The summed E-state index contributed by atoms with van der Waals surface area (Å²) in [6, 6.07) is 14.9. The summed E-state index contributed by atoms with van der Waals surface area (Å²) in [4.78, 5) is 17.8. The number of methoxy groups -OCH3 is 1. The highest BCUT2D eigenvalue weighted by molar-refractivity contribution is 5.78. The number of ether oxygens (including phenoxy) is 3. The second kappa shape index (κ2) is 9.11. The summed E-state index contributed by atoms with van der Waals surface area (Å²) in [5, 5.41) is 24.0. The zero-order valence-corrected chi connectivity index (χ0v) is 19.8. The molecule has 3 aromatic rings. The quantitative estimate of drug-likeness (QED) is 0.467. The molecule has 0 spiro atoms. The molecule has 2 aliphatic rings. The minimum atomic E-state index is -0.936. The molecule has 1 aromatic heterocycles. The molecule has 8 heteroatoms. The van der Waals surface area contributed by atoms with Crippen LogP contribution in [-0.4, -0.2) is 41.1 Å². The summed E-state index contributed by atoms with van der Waals surface area (Å²) in [6.07, 6.45) is 0. The molecular formula is C27H28N2O6. The lowest BCUT2D eigenvalue weighted by atomic mass is 9.79. The fourth-order valence-corrected chi connectivity index (χ4v) is 5.20. The van der Waals surface area contributed by atoms with E-state index < -0.39 is 23.7 Å². The number of nitrogens with zero attached hydrogens (tertiary/aromatic N) is 1. The molecule has 1 aliphatic carbocycles. The van der Waals surface area contributed by atoms with E-state index in [9.17, 15) is 15.0 Å². The predicted molar refractivity (Wildman–Crippen MR) is 129 cm³/mol. The average molecular weight is 477 g/mol. The van der Waals surface area contributed by atoms with Gasteiger partial charge in [-0.25, -0.2) is 4.98 Å². The number of carboxylic acid groups (broad SMARTS) is 1. The number of hydrogen-bond donors (Lipinski definition) is 3. The Morgan fingerprint density at radius 1 is 1.09 bits per heavy atom. The molecule has 2 heterocycles. The van der Waals surface area contributed by atoms with Crippen LogP contribution in [0.1, 0.15) is 53.6 Å². The largest absolute Gasteiger partial charge is 0.497 e. The number of aliphatic hydroxyl groups is 1. The van der Waals surface area contributed by atoms with Crippen LogP contribution in [0.3, 0.4) is 0 Å². The summed E-state index contributed by atoms with van der Waals surface area (Å²) < 4.78 is 16.4. The monoisotopic (exact) mass is 476 g/mol. The van der Waals surface area contributed by atoms with Gasteiger partial charge in [-0.05, 0) is 66.4 Å². The second-order valence-electron chi connectivity index (χ2n) is 9.12. The van der Waals surface area contributed by atoms with Crippen molar-refractivity contribution in [3.63, 3.8) is 0 Å². The van der Waals surface area contributed by atoms with E-state index in [1.165, 1.54) is 0 Å². The van der Waals surface area contributed by atoms with Crippen LogP contribution in [0.4, 0.5) is 5.82 Å². The third kappa shape index (κ3) is 4.04. The Kier molecular flexibility index (Phi) is 5.98. The van der Waals surface area contributed by atoms with E-state index in [1.807, 2.05) is 50.2 Å². The first-order valence-electron chi connectivity index (χ1n) is 11.6. The third-order valence-corrected chi connectivity index (χ3v) is 6.64. The van der Waals surface area contributed by atoms with Crippen molar-refractivity contribution < 1.29 is 29.2 Å². The first-order valence-corrected chi connectivity index (χ1v) is 11.6. The Morgan fingerprint density at radius 2 is 1.86 bits per heavy atom. The lowest BCUT2D eigenvalue weighted by Crippen LogP contribution is -2.25. The molecule has 8 nitrogen and oxygen atoms in total. The minimum Gasteiger partial charge on any atom is -0.497 e. The third-order valence-electron chi connectivity index (χ3n) is 6.64. The van der Waals surface area contributed by atoms with Gasteiger partial charge in [0.25, 0.3) is 0 Å². The number of pyridine rings is 1. The van der Waals surface area contributed by atoms with Gasteiger partial charge in [0.15, 0.2) is 11.5 Å². The van der Waals surface area contributed by atoms with Gasteiger partial charge in [0.05, 0.1) is 25.3 Å². The van der Waals surface area contributed by atoms with Crippen molar-refractivity contribution in [2.24, 2.45) is 5.92 Å². The normalized spacial score (nSPS) is 20.1. The van der Waals surface area contributed by atoms with E-state index in [1.54, 1.807) is 19.2 Å². The Morgan fingerprint density at radius 3 is 2.57 bits per heavy atom. The molecule has 3 unspecified atom stereocenters. The molecule has 1 aliphatic heterocycles. The van der Waals surface area contributed by atoms with Crippen molar-refractivity contribution in [2.75, 3.05) is 19.2 Å². The van der Waals surface area contributed by atoms with Gasteiger partial charge < -0.3 is 29.7 Å². The Bertz CT molecular complexity index is 1270. The number of rotatable bonds is 7. The zero-order chi connectivity index (χ0) is 24.7. The van der Waals surface area contributed by atoms with Crippen LogP contribution in [0.25, 0.3) is 0 Å². The van der Waals surface area contributed by atoms with Crippen LogP contribution >= 0.6 is 0 Å². The fraction of sp³-hybridized carbons (Fsp3) is 0.333. The lowest BCUT2D eigenvalue weighted by molar-refractivity contribution is -0.142. The van der Waals surface area contributed by atoms with Gasteiger partial charge in [0.1, 0.15) is 11.6 Å². The molecule has 0 amide bonds. The molecule has 0 radical (unpaired) electrons. The van der Waals surface area contributed by atoms with Crippen molar-refractivity contribution >= 4 is 11.8 Å². The standard InChI is InChI=1S/C27H28N2O6/c1-14(2)28-22-9-7-19-23(15-4-8-20-21(11-15)35-13-34-20)25(27(31)32)24(26(19)29-22)18-6-5-17(33-3)10-16(18)12-30/h4-11,14,23-25,30H,12-13H2,1-3H3,(H,28,29)(H,31,32). The first kappa shape index (κ1) is 23.0. The number of carbonyl (C=O) groups is 1. The summed E-state index contributed by atoms with van der Waals surface area (Å²) in [5.41, 5.74) is 3.68. The van der Waals surface area contributed by atoms with Crippen molar-refractivity contribution in [1.29, 1.82) is 0 Å². The molecule has 35 heavy (non-hydrogen) atoms. The SMILES string of the molecule is COc1ccc(C2c3nc(NC(C)C)ccc3C(c3ccc4c(c3)OCO4)C2C(=O)O)c(CO)c1. The van der Waals surface area contributed by atoms with E-state index >= 15 is 0 Å². The number of anilines is 1. The number of nitrogens with one attached hydrogen (secondary N) is 1. The minimum absolute atomic E-state index is 0.141. The van der Waals surface area contributed by atoms with Crippen molar-refractivity contribution in [3.05, 3.63) is 76.5 Å². The van der Waals surface area contributed by atoms with Crippen LogP contribution in [0.15, 0.2) is 48.5 Å². The molecule has 0 saturated heterocycles. The molecule has 3 N–H and O–H groups in total. The van der Waals surface area contributed by atoms with E-state index in [0.717, 1.165) is 16.7 Å². The number of fused-ring (bicyclic) bond motifs is 2. The lowest BCUT2D eigenvalue weighted by Gasteiger charge is -2.24. The maximum Gasteiger partial charge on any atom is 0.308 e. The van der Waals surface area contributed by atoms with E-state index in [4.69, 9.17) is 19.2 Å². The highest BCUT2D eigenvalue weighted by Crippen LogP contribution is 2.54. The topological polar surface area (TPSA) is 110 Å². The Hall–Kier alpha value is -3.78. The number of aliphatic carboxylic acids is 1. The Balaban J connectivity index is 1.71. The molecule has 3 atom stereocenters. The van der Waals surface area contributed by atoms with Crippen LogP contribution in [0.5, 0.6) is 17.2 Å². The van der Waals surface area contributed by atoms with Crippen molar-refractivity contribution in [1.82, 2.24) is 4.98 Å². The van der Waals surface area contributed by atoms with Gasteiger partial charge in [-0.3, -0.25) is 4.79 Å². The van der Waals surface area contributed by atoms with Gasteiger partial charge in [-0.1, -0.05) is 18.2 Å². The molecule has 0 saturated carbocycles. The molecule has 0 fully saturated rings. The van der Waals surface area contributed by atoms with Crippen LogP contribution in [0.2, 0.25) is 0 Å². The molecule has 5 rings (SSSR count). The average Bonchev–Trinajstić information content (AvgIpc) is 3.44. The number of benzene rings is 2. The fourth-order valence-electron chi connectivity index (χ4n) is 5.20. The first-order chi connectivity index (χ1) is 16.9. The molecule has 182 valence electrons. The number of aliphatic hydroxyl groups excluding tert-OH is 1. The summed E-state index contributed by atoms with van der Waals surface area (Å²) in [5.74, 6) is -0.293. The van der Waals surface area contributed by atoms with Crippen LogP contribution in [-0.2, 0) is 11.4 Å². The van der Waals surface area contributed by atoms with Crippen LogP contribution in [0, 0.1) is 5.92 Å². The van der Waals surface area contributed by atoms with Crippen LogP contribution < -0.4 is 19.5 Å². The molecule has 2 aromatic carbocycles. The highest BCUT2D eigenvalue weighted by atomic mass is 16.7. The van der Waals surface area contributed by atoms with Crippen molar-refractivity contribution in [2.45, 2.75) is 38.3 Å². The number of aromatic nitrogens is 1. The van der Waals surface area contributed by atoms with Gasteiger partial charge in [0.2, 0.25) is 6.79 Å². The second-order valence-corrected chi connectivity index (χ2v) is 9.12. The summed E-state index contributed by atoms with van der Waals surface area (Å²) >= 11 is 0. The maximum absolute atomic E-state index is 12.9. The van der Waals surface area contributed by atoms with Crippen molar-refractivity contribution in [3.8, 4) is 17.2 Å². The molecule has 0 bridgehead atoms.